The van der Waals surface area contributed by atoms with E-state index in [1.165, 1.54) is 10.5 Å². The van der Waals surface area contributed by atoms with Crippen molar-refractivity contribution in [2.75, 3.05) is 0 Å². The first-order valence-corrected chi connectivity index (χ1v) is 7.91. The van der Waals surface area contributed by atoms with Gasteiger partial charge in [0.1, 0.15) is 5.01 Å². The van der Waals surface area contributed by atoms with Crippen LogP contribution in [0.2, 0.25) is 0 Å². The Bertz CT molecular complexity index is 584. The summed E-state index contributed by atoms with van der Waals surface area (Å²) < 4.78 is 0. The third-order valence-corrected chi connectivity index (χ3v) is 5.30. The first kappa shape index (κ1) is 12.7. The van der Waals surface area contributed by atoms with Gasteiger partial charge in [-0.25, -0.2) is 4.98 Å². The van der Waals surface area contributed by atoms with Crippen molar-refractivity contribution in [3.63, 3.8) is 0 Å². The molecular weight excluding hydrogens is 276 g/mol. The standard InChI is InChI=1S/C14H14N2OS2/c1-9-8-18-13(16-9)7-15-14(17)12-6-10-4-2-3-5-11(10)19-12/h2-5,8,12H,6-7H2,1H3,(H,15,17). The number of carbonyl (C=O) groups is 1. The number of thiazole rings is 1. The van der Waals surface area contributed by atoms with Gasteiger partial charge in [0.05, 0.1) is 11.8 Å². The predicted octanol–water partition coefficient (Wildman–Crippen LogP) is 2.78. The molecule has 1 aliphatic heterocycles. The zero-order valence-electron chi connectivity index (χ0n) is 10.6. The van der Waals surface area contributed by atoms with Gasteiger partial charge in [0.15, 0.2) is 0 Å². The first-order valence-electron chi connectivity index (χ1n) is 6.15. The summed E-state index contributed by atoms with van der Waals surface area (Å²) in [6, 6.07) is 8.22. The highest BCUT2D eigenvalue weighted by Crippen LogP contribution is 2.36. The van der Waals surface area contributed by atoms with E-state index in [-0.39, 0.29) is 11.2 Å². The molecule has 98 valence electrons. The Hall–Kier alpha value is -1.33. The molecule has 0 aliphatic carbocycles. The van der Waals surface area contributed by atoms with E-state index in [0.29, 0.717) is 6.54 Å². The van der Waals surface area contributed by atoms with E-state index in [4.69, 9.17) is 0 Å². The van der Waals surface area contributed by atoms with E-state index in [1.54, 1.807) is 23.1 Å². The van der Waals surface area contributed by atoms with Gasteiger partial charge in [0, 0.05) is 16.0 Å². The van der Waals surface area contributed by atoms with Crippen molar-refractivity contribution in [3.05, 3.63) is 45.9 Å². The maximum absolute atomic E-state index is 12.1. The van der Waals surface area contributed by atoms with Gasteiger partial charge in [-0.3, -0.25) is 4.79 Å². The van der Waals surface area contributed by atoms with Crippen LogP contribution in [0.3, 0.4) is 0 Å². The van der Waals surface area contributed by atoms with Crippen molar-refractivity contribution in [1.82, 2.24) is 10.3 Å². The zero-order chi connectivity index (χ0) is 13.2. The highest BCUT2D eigenvalue weighted by atomic mass is 32.2. The Balaban J connectivity index is 1.58. The first-order chi connectivity index (χ1) is 9.22. The second kappa shape index (κ2) is 5.35. The van der Waals surface area contributed by atoms with Crippen molar-refractivity contribution in [1.29, 1.82) is 0 Å². The molecular formula is C14H14N2OS2. The third kappa shape index (κ3) is 2.82. The molecule has 1 amide bonds. The minimum absolute atomic E-state index is 0.00143. The van der Waals surface area contributed by atoms with Gasteiger partial charge >= 0.3 is 0 Å². The largest absolute Gasteiger partial charge is 0.349 e. The third-order valence-electron chi connectivity index (χ3n) is 3.02. The fourth-order valence-electron chi connectivity index (χ4n) is 2.09. The summed E-state index contributed by atoms with van der Waals surface area (Å²) in [7, 11) is 0. The van der Waals surface area contributed by atoms with Gasteiger partial charge < -0.3 is 5.32 Å². The average molecular weight is 290 g/mol. The number of benzene rings is 1. The fraction of sp³-hybridized carbons (Fsp3) is 0.286. The van der Waals surface area contributed by atoms with E-state index >= 15 is 0 Å². The molecule has 2 aromatic rings. The van der Waals surface area contributed by atoms with Gasteiger partial charge in [0.25, 0.3) is 0 Å². The number of hydrogen-bond acceptors (Lipinski definition) is 4. The Labute approximate surface area is 120 Å². The molecule has 0 saturated carbocycles. The summed E-state index contributed by atoms with van der Waals surface area (Å²) in [5, 5.41) is 5.94. The lowest BCUT2D eigenvalue weighted by Gasteiger charge is -2.08. The molecule has 5 heteroatoms. The number of hydrogen-bond donors (Lipinski definition) is 1. The van der Waals surface area contributed by atoms with Crippen LogP contribution in [0.5, 0.6) is 0 Å². The van der Waals surface area contributed by atoms with E-state index in [0.717, 1.165) is 17.1 Å². The molecule has 19 heavy (non-hydrogen) atoms. The van der Waals surface area contributed by atoms with E-state index in [9.17, 15) is 4.79 Å². The highest BCUT2D eigenvalue weighted by molar-refractivity contribution is 8.01. The molecule has 3 rings (SSSR count). The Kier molecular flexibility index (Phi) is 3.57. The van der Waals surface area contributed by atoms with Crippen LogP contribution in [0.4, 0.5) is 0 Å². The minimum atomic E-state index is -0.00143. The lowest BCUT2D eigenvalue weighted by atomic mass is 10.1. The molecule has 3 nitrogen and oxygen atoms in total. The summed E-state index contributed by atoms with van der Waals surface area (Å²) >= 11 is 3.24. The van der Waals surface area contributed by atoms with Crippen molar-refractivity contribution in [2.45, 2.75) is 30.0 Å². The van der Waals surface area contributed by atoms with E-state index < -0.39 is 0 Å². The van der Waals surface area contributed by atoms with Crippen LogP contribution in [0.1, 0.15) is 16.3 Å². The topological polar surface area (TPSA) is 42.0 Å². The van der Waals surface area contributed by atoms with E-state index in [1.807, 2.05) is 24.4 Å². The number of nitrogens with zero attached hydrogens (tertiary/aromatic N) is 1. The van der Waals surface area contributed by atoms with Crippen LogP contribution in [-0.2, 0) is 17.8 Å². The number of fused-ring (bicyclic) bond motifs is 1. The molecule has 1 atom stereocenters. The maximum atomic E-state index is 12.1. The summed E-state index contributed by atoms with van der Waals surface area (Å²) in [5.41, 5.74) is 2.29. The lowest BCUT2D eigenvalue weighted by molar-refractivity contribution is -0.120. The normalized spacial score (nSPS) is 17.2. The van der Waals surface area contributed by atoms with Gasteiger partial charge in [-0.15, -0.1) is 23.1 Å². The van der Waals surface area contributed by atoms with Crippen LogP contribution in [0, 0.1) is 6.92 Å². The van der Waals surface area contributed by atoms with Crippen LogP contribution >= 0.6 is 23.1 Å². The SMILES string of the molecule is Cc1csc(CNC(=O)C2Cc3ccccc3S2)n1. The summed E-state index contributed by atoms with van der Waals surface area (Å²) in [5.74, 6) is 0.106. The quantitative estimate of drug-likeness (QED) is 0.945. The van der Waals surface area contributed by atoms with Gasteiger partial charge in [-0.1, -0.05) is 18.2 Å². The minimum Gasteiger partial charge on any atom is -0.349 e. The number of aromatic nitrogens is 1. The maximum Gasteiger partial charge on any atom is 0.234 e. The molecule has 1 aliphatic rings. The number of carbonyl (C=O) groups excluding carboxylic acids is 1. The van der Waals surface area contributed by atoms with Crippen LogP contribution in [0.15, 0.2) is 34.5 Å². The van der Waals surface area contributed by atoms with Crippen molar-refractivity contribution >= 4 is 29.0 Å². The zero-order valence-corrected chi connectivity index (χ0v) is 12.2. The predicted molar refractivity (Wildman–Crippen MR) is 78.5 cm³/mol. The van der Waals surface area contributed by atoms with Crippen molar-refractivity contribution in [2.24, 2.45) is 0 Å². The van der Waals surface area contributed by atoms with Gasteiger partial charge in [-0.2, -0.15) is 0 Å². The monoisotopic (exact) mass is 290 g/mol. The smallest absolute Gasteiger partial charge is 0.234 e. The molecule has 0 spiro atoms. The molecule has 0 fully saturated rings. The number of amides is 1. The number of nitrogens with one attached hydrogen (secondary N) is 1. The van der Waals surface area contributed by atoms with Crippen LogP contribution < -0.4 is 5.32 Å². The van der Waals surface area contributed by atoms with E-state index in [2.05, 4.69) is 22.4 Å². The number of rotatable bonds is 3. The molecule has 0 saturated heterocycles. The second-order valence-corrected chi connectivity index (χ2v) is 6.71. The van der Waals surface area contributed by atoms with Crippen molar-refractivity contribution < 1.29 is 4.79 Å². The van der Waals surface area contributed by atoms with Crippen LogP contribution in [0.25, 0.3) is 0 Å². The molecule has 1 unspecified atom stereocenters. The average Bonchev–Trinajstić information content (AvgIpc) is 3.01. The Morgan fingerprint density at radius 2 is 2.32 bits per heavy atom. The summed E-state index contributed by atoms with van der Waals surface area (Å²) in [4.78, 5) is 17.7. The summed E-state index contributed by atoms with van der Waals surface area (Å²) in [6.45, 7) is 2.50. The summed E-state index contributed by atoms with van der Waals surface area (Å²) in [6.07, 6.45) is 0.823. The van der Waals surface area contributed by atoms with Crippen molar-refractivity contribution in [3.8, 4) is 0 Å². The second-order valence-electron chi connectivity index (χ2n) is 4.52. The lowest BCUT2D eigenvalue weighted by Crippen LogP contribution is -2.31. The molecule has 0 bridgehead atoms. The molecule has 2 heterocycles. The fourth-order valence-corrected chi connectivity index (χ4v) is 4.02. The Morgan fingerprint density at radius 3 is 3.05 bits per heavy atom. The Morgan fingerprint density at radius 1 is 1.47 bits per heavy atom. The molecule has 0 radical (unpaired) electrons. The number of thioether (sulfide) groups is 1. The van der Waals surface area contributed by atoms with Crippen LogP contribution in [-0.4, -0.2) is 16.1 Å². The number of aryl methyl sites for hydroxylation is 1. The van der Waals surface area contributed by atoms with Gasteiger partial charge in [-0.05, 0) is 25.0 Å². The molecule has 1 aromatic carbocycles. The molecule has 1 N–H and O–H groups in total. The molecule has 1 aromatic heterocycles. The van der Waals surface area contributed by atoms with Gasteiger partial charge in [0.2, 0.25) is 5.91 Å². The highest BCUT2D eigenvalue weighted by Gasteiger charge is 2.27.